The standard InChI is InChI=1S/C16H10F3N3O3.C10H6F3NO2.C6H10/c1-9-2-4-12(7-14(9)22(24)25)21-15(23)10-3-5-13(16(17,18)19)11(6-10)8-20;1-16-9(15)6-2-3-8(10(11,12)13)7(4-6)5-14;1-4-5-6(2)3/h2-7H,1H3,(H,21,23);2-4H,1H3;4-5H,1H2,2-3H3. The quantitative estimate of drug-likeness (QED) is 0.0948. The van der Waals surface area contributed by atoms with Crippen LogP contribution in [0.4, 0.5) is 37.7 Å². The van der Waals surface area contributed by atoms with Crippen LogP contribution in [0.25, 0.3) is 0 Å². The molecule has 0 aliphatic heterocycles. The Hall–Kier alpha value is -5.96. The van der Waals surface area contributed by atoms with Gasteiger partial charge >= 0.3 is 18.3 Å². The summed E-state index contributed by atoms with van der Waals surface area (Å²) >= 11 is 0. The van der Waals surface area contributed by atoms with Gasteiger partial charge in [-0.25, -0.2) is 4.79 Å². The van der Waals surface area contributed by atoms with E-state index in [1.165, 1.54) is 36.8 Å². The van der Waals surface area contributed by atoms with Gasteiger partial charge in [0.2, 0.25) is 0 Å². The molecule has 47 heavy (non-hydrogen) atoms. The van der Waals surface area contributed by atoms with E-state index in [-0.39, 0.29) is 22.5 Å². The highest BCUT2D eigenvalue weighted by Gasteiger charge is 2.34. The molecule has 1 N–H and O–H groups in total. The Morgan fingerprint density at radius 3 is 1.77 bits per heavy atom. The summed E-state index contributed by atoms with van der Waals surface area (Å²) in [6, 6.07) is 11.7. The number of carbonyl (C=O) groups excluding carboxylic acids is 2. The lowest BCUT2D eigenvalue weighted by Gasteiger charge is -2.10. The molecule has 3 aromatic rings. The van der Waals surface area contributed by atoms with E-state index >= 15 is 0 Å². The smallest absolute Gasteiger partial charge is 0.417 e. The van der Waals surface area contributed by atoms with Crippen LogP contribution in [-0.2, 0) is 17.1 Å². The van der Waals surface area contributed by atoms with E-state index in [4.69, 9.17) is 10.5 Å². The Bertz CT molecular complexity index is 1760. The maximum Gasteiger partial charge on any atom is 0.417 e. The second-order valence-electron chi connectivity index (χ2n) is 9.42. The molecule has 0 saturated carbocycles. The van der Waals surface area contributed by atoms with Gasteiger partial charge in [-0.2, -0.15) is 36.9 Å². The number of aryl methyl sites for hydroxylation is 1. The van der Waals surface area contributed by atoms with Crippen molar-refractivity contribution in [3.63, 3.8) is 0 Å². The molecule has 0 fully saturated rings. The maximum absolute atomic E-state index is 12.8. The number of benzene rings is 3. The predicted molar refractivity (Wildman–Crippen MR) is 159 cm³/mol. The molecular formula is C32H26F6N4O5. The topological polar surface area (TPSA) is 146 Å². The van der Waals surface area contributed by atoms with E-state index in [1.54, 1.807) is 6.08 Å². The van der Waals surface area contributed by atoms with Crippen molar-refractivity contribution in [1.29, 1.82) is 10.5 Å². The fourth-order valence-electron chi connectivity index (χ4n) is 3.48. The number of nitro groups is 1. The summed E-state index contributed by atoms with van der Waals surface area (Å²) in [5.41, 5.74) is -2.16. The highest BCUT2D eigenvalue weighted by molar-refractivity contribution is 6.04. The third-order valence-electron chi connectivity index (χ3n) is 5.69. The zero-order chi connectivity index (χ0) is 36.1. The minimum Gasteiger partial charge on any atom is -0.465 e. The van der Waals surface area contributed by atoms with Crippen molar-refractivity contribution in [3.8, 4) is 12.1 Å². The van der Waals surface area contributed by atoms with Crippen LogP contribution in [-0.4, -0.2) is 23.9 Å². The molecule has 0 spiro atoms. The molecule has 0 saturated heterocycles. The second-order valence-corrected chi connectivity index (χ2v) is 9.42. The summed E-state index contributed by atoms with van der Waals surface area (Å²) < 4.78 is 79.8. The first-order chi connectivity index (χ1) is 21.8. The maximum atomic E-state index is 12.8. The predicted octanol–water partition coefficient (Wildman–Crippen LogP) is 8.55. The average Bonchev–Trinajstić information content (AvgIpc) is 3.00. The Balaban J connectivity index is 0.000000428. The fraction of sp³-hybridized carbons (Fsp3) is 0.188. The molecular weight excluding hydrogens is 634 g/mol. The number of halogens is 6. The summed E-state index contributed by atoms with van der Waals surface area (Å²) in [4.78, 5) is 33.4. The second kappa shape index (κ2) is 16.9. The Morgan fingerprint density at radius 1 is 0.894 bits per heavy atom. The number of hydrogen-bond donors (Lipinski definition) is 1. The van der Waals surface area contributed by atoms with Gasteiger partial charge in [0.25, 0.3) is 11.6 Å². The van der Waals surface area contributed by atoms with E-state index in [0.29, 0.717) is 17.7 Å². The van der Waals surface area contributed by atoms with Crippen LogP contribution in [0, 0.1) is 39.7 Å². The van der Waals surface area contributed by atoms with Crippen LogP contribution >= 0.6 is 0 Å². The van der Waals surface area contributed by atoms with E-state index < -0.39 is 51.4 Å². The zero-order valence-electron chi connectivity index (χ0n) is 25.2. The van der Waals surface area contributed by atoms with Crippen molar-refractivity contribution >= 4 is 23.3 Å². The number of nitro benzene ring substituents is 1. The first kappa shape index (κ1) is 39.1. The summed E-state index contributed by atoms with van der Waals surface area (Å²) in [5.74, 6) is -1.58. The van der Waals surface area contributed by atoms with E-state index in [0.717, 1.165) is 37.4 Å². The first-order valence-electron chi connectivity index (χ1n) is 12.9. The average molecular weight is 661 g/mol. The number of amides is 1. The molecule has 0 radical (unpaired) electrons. The molecule has 0 aliphatic rings. The summed E-state index contributed by atoms with van der Waals surface area (Å²) in [7, 11) is 1.10. The Kier molecular flexibility index (Phi) is 14.1. The number of esters is 1. The SMILES string of the molecule is C=CC=C(C)C.COC(=O)c1ccc(C(F)(F)F)c(C#N)c1.Cc1ccc(NC(=O)c2ccc(C(F)(F)F)c(C#N)c2)cc1[N+](=O)[O-]. The molecule has 3 aromatic carbocycles. The van der Waals surface area contributed by atoms with E-state index in [9.17, 15) is 46.0 Å². The number of methoxy groups -OCH3 is 1. The van der Waals surface area contributed by atoms with Crippen molar-refractivity contribution < 1.29 is 45.6 Å². The highest BCUT2D eigenvalue weighted by atomic mass is 19.4. The number of nitrogens with zero attached hydrogens (tertiary/aromatic N) is 3. The fourth-order valence-corrected chi connectivity index (χ4v) is 3.48. The van der Waals surface area contributed by atoms with Crippen molar-refractivity contribution in [3.05, 3.63) is 128 Å². The van der Waals surface area contributed by atoms with Gasteiger partial charge in [-0.05, 0) is 63.2 Å². The van der Waals surface area contributed by atoms with Crippen LogP contribution < -0.4 is 5.32 Å². The molecule has 3 rings (SSSR count). The number of rotatable bonds is 5. The molecule has 15 heteroatoms. The zero-order valence-corrected chi connectivity index (χ0v) is 25.2. The molecule has 0 bridgehead atoms. The summed E-state index contributed by atoms with van der Waals surface area (Å²) in [6.07, 6.45) is -5.56. The van der Waals surface area contributed by atoms with Crippen LogP contribution in [0.3, 0.4) is 0 Å². The molecule has 0 aromatic heterocycles. The third-order valence-corrected chi connectivity index (χ3v) is 5.69. The third kappa shape index (κ3) is 11.8. The number of hydrogen-bond acceptors (Lipinski definition) is 7. The van der Waals surface area contributed by atoms with Crippen LogP contribution in [0.5, 0.6) is 0 Å². The number of ether oxygens (including phenoxy) is 1. The van der Waals surface area contributed by atoms with Gasteiger partial charge in [0.05, 0.1) is 52.0 Å². The number of allylic oxidation sites excluding steroid dienone is 3. The van der Waals surface area contributed by atoms with Gasteiger partial charge in [0.1, 0.15) is 0 Å². The van der Waals surface area contributed by atoms with Gasteiger partial charge in [0.15, 0.2) is 0 Å². The number of anilines is 1. The minimum atomic E-state index is -4.71. The lowest BCUT2D eigenvalue weighted by Crippen LogP contribution is -2.14. The van der Waals surface area contributed by atoms with Gasteiger partial charge in [-0.3, -0.25) is 14.9 Å². The number of alkyl halides is 6. The van der Waals surface area contributed by atoms with E-state index in [2.05, 4.69) is 16.6 Å². The van der Waals surface area contributed by atoms with Gasteiger partial charge in [-0.1, -0.05) is 30.4 Å². The normalized spacial score (nSPS) is 10.3. The molecule has 9 nitrogen and oxygen atoms in total. The van der Waals surface area contributed by atoms with Crippen molar-refractivity contribution in [2.75, 3.05) is 12.4 Å². The van der Waals surface area contributed by atoms with Gasteiger partial charge in [0, 0.05) is 22.9 Å². The lowest BCUT2D eigenvalue weighted by molar-refractivity contribution is -0.385. The van der Waals surface area contributed by atoms with Gasteiger partial charge in [-0.15, -0.1) is 0 Å². The summed E-state index contributed by atoms with van der Waals surface area (Å²) in [5, 5.41) is 30.7. The lowest BCUT2D eigenvalue weighted by atomic mass is 10.0. The minimum absolute atomic E-state index is 0.0907. The molecule has 0 heterocycles. The molecule has 0 atom stereocenters. The summed E-state index contributed by atoms with van der Waals surface area (Å²) in [6.45, 7) is 9.14. The van der Waals surface area contributed by atoms with Crippen LogP contribution in [0.1, 0.15) is 62.4 Å². The van der Waals surface area contributed by atoms with E-state index in [1.807, 2.05) is 19.9 Å². The Morgan fingerprint density at radius 2 is 1.38 bits per heavy atom. The Labute approximate surface area is 265 Å². The van der Waals surface area contributed by atoms with Crippen molar-refractivity contribution in [2.45, 2.75) is 33.1 Å². The number of nitrogens with one attached hydrogen (secondary N) is 1. The monoisotopic (exact) mass is 660 g/mol. The molecule has 246 valence electrons. The highest BCUT2D eigenvalue weighted by Crippen LogP contribution is 2.33. The molecule has 1 amide bonds. The van der Waals surface area contributed by atoms with Crippen molar-refractivity contribution in [1.82, 2.24) is 0 Å². The van der Waals surface area contributed by atoms with Crippen molar-refractivity contribution in [2.24, 2.45) is 0 Å². The van der Waals surface area contributed by atoms with Gasteiger partial charge < -0.3 is 10.1 Å². The number of carbonyl (C=O) groups is 2. The van der Waals surface area contributed by atoms with Crippen LogP contribution in [0.2, 0.25) is 0 Å². The van der Waals surface area contributed by atoms with Crippen LogP contribution in [0.15, 0.2) is 78.9 Å². The largest absolute Gasteiger partial charge is 0.465 e. The molecule has 0 unspecified atom stereocenters. The number of nitriles is 2. The molecule has 0 aliphatic carbocycles. The first-order valence-corrected chi connectivity index (χ1v) is 12.9.